The third-order valence-electron chi connectivity index (χ3n) is 3.04. The normalized spacial score (nSPS) is 14.0. The van der Waals surface area contributed by atoms with Crippen molar-refractivity contribution in [2.75, 3.05) is 7.11 Å². The number of methoxy groups -OCH3 is 1. The second kappa shape index (κ2) is 6.49. The van der Waals surface area contributed by atoms with Crippen LogP contribution in [0.15, 0.2) is 28.7 Å². The maximum atomic E-state index is 10.0. The van der Waals surface area contributed by atoms with Crippen LogP contribution in [0.2, 0.25) is 0 Å². The first-order valence-electron chi connectivity index (χ1n) is 6.57. The lowest BCUT2D eigenvalue weighted by atomic mass is 10.1. The fourth-order valence-electron chi connectivity index (χ4n) is 1.90. The van der Waals surface area contributed by atoms with E-state index >= 15 is 0 Å². The first-order chi connectivity index (χ1) is 9.65. The lowest BCUT2D eigenvalue weighted by molar-refractivity contribution is 0.112. The van der Waals surface area contributed by atoms with Gasteiger partial charge in [-0.2, -0.15) is 0 Å². The summed E-state index contributed by atoms with van der Waals surface area (Å²) < 4.78 is 10.6. The minimum Gasteiger partial charge on any atom is -0.497 e. The van der Waals surface area contributed by atoms with Crippen LogP contribution in [-0.4, -0.2) is 28.5 Å². The van der Waals surface area contributed by atoms with Gasteiger partial charge in [0.15, 0.2) is 0 Å². The summed E-state index contributed by atoms with van der Waals surface area (Å²) in [6.07, 6.45) is 0.634. The Bertz CT molecular complexity index is 556. The monoisotopic (exact) mass is 277 g/mol. The number of rotatable bonds is 6. The molecule has 0 amide bonds. The lowest BCUT2D eigenvalue weighted by Crippen LogP contribution is -2.28. The summed E-state index contributed by atoms with van der Waals surface area (Å²) in [7, 11) is 1.59. The minimum absolute atomic E-state index is 0.142. The van der Waals surface area contributed by atoms with E-state index in [1.54, 1.807) is 13.2 Å². The molecule has 1 aromatic carbocycles. The highest BCUT2D eigenvalue weighted by Gasteiger charge is 2.22. The van der Waals surface area contributed by atoms with Gasteiger partial charge < -0.3 is 20.0 Å². The van der Waals surface area contributed by atoms with Crippen molar-refractivity contribution in [3.05, 3.63) is 30.2 Å². The highest BCUT2D eigenvalue weighted by atomic mass is 16.5. The average Bonchev–Trinajstić information content (AvgIpc) is 2.96. The van der Waals surface area contributed by atoms with Crippen LogP contribution in [0.5, 0.6) is 5.75 Å². The van der Waals surface area contributed by atoms with Gasteiger partial charge >= 0.3 is 0 Å². The van der Waals surface area contributed by atoms with E-state index < -0.39 is 12.1 Å². The molecular formula is C14H19N3O3. The van der Waals surface area contributed by atoms with Gasteiger partial charge in [0.1, 0.15) is 11.9 Å². The first kappa shape index (κ1) is 14.5. The Morgan fingerprint density at radius 3 is 2.90 bits per heavy atom. The number of aliphatic hydroxyl groups excluding tert-OH is 1. The van der Waals surface area contributed by atoms with Crippen LogP contribution in [0.4, 0.5) is 0 Å². The fourth-order valence-corrected chi connectivity index (χ4v) is 1.90. The molecule has 0 radical (unpaired) electrons. The van der Waals surface area contributed by atoms with Gasteiger partial charge in [0, 0.05) is 11.6 Å². The van der Waals surface area contributed by atoms with Crippen molar-refractivity contribution in [2.45, 2.75) is 31.9 Å². The number of aliphatic hydroxyl groups is 1. The second-order valence-electron chi connectivity index (χ2n) is 4.57. The van der Waals surface area contributed by atoms with Gasteiger partial charge in [0.2, 0.25) is 11.8 Å². The Morgan fingerprint density at radius 2 is 2.20 bits per heavy atom. The number of benzene rings is 1. The Hall–Kier alpha value is -1.92. The maximum absolute atomic E-state index is 10.0. The zero-order valence-corrected chi connectivity index (χ0v) is 11.6. The van der Waals surface area contributed by atoms with E-state index in [0.717, 1.165) is 12.0 Å². The molecule has 3 N–H and O–H groups in total. The Balaban J connectivity index is 2.19. The van der Waals surface area contributed by atoms with Gasteiger partial charge in [0.25, 0.3) is 0 Å². The zero-order chi connectivity index (χ0) is 14.5. The summed E-state index contributed by atoms with van der Waals surface area (Å²) in [5, 5.41) is 17.8. The Kier molecular flexibility index (Phi) is 4.70. The van der Waals surface area contributed by atoms with Gasteiger partial charge in [-0.25, -0.2) is 0 Å². The molecule has 0 aliphatic carbocycles. The molecule has 0 saturated carbocycles. The van der Waals surface area contributed by atoms with Crippen molar-refractivity contribution >= 4 is 0 Å². The largest absolute Gasteiger partial charge is 0.497 e. The molecule has 0 fully saturated rings. The van der Waals surface area contributed by atoms with Crippen molar-refractivity contribution in [2.24, 2.45) is 5.73 Å². The molecule has 1 aromatic heterocycles. The number of hydrogen-bond acceptors (Lipinski definition) is 6. The van der Waals surface area contributed by atoms with Crippen molar-refractivity contribution in [3.63, 3.8) is 0 Å². The van der Waals surface area contributed by atoms with Gasteiger partial charge in [-0.1, -0.05) is 19.4 Å². The van der Waals surface area contributed by atoms with Crippen LogP contribution in [-0.2, 0) is 0 Å². The molecule has 6 nitrogen and oxygen atoms in total. The molecule has 0 saturated heterocycles. The molecule has 0 aliphatic rings. The topological polar surface area (TPSA) is 94.4 Å². The van der Waals surface area contributed by atoms with Crippen molar-refractivity contribution < 1.29 is 14.3 Å². The minimum atomic E-state index is -0.943. The van der Waals surface area contributed by atoms with Crippen LogP contribution < -0.4 is 10.5 Å². The second-order valence-corrected chi connectivity index (χ2v) is 4.57. The summed E-state index contributed by atoms with van der Waals surface area (Å²) in [6, 6.07) is 6.87. The molecule has 2 aromatic rings. The molecule has 20 heavy (non-hydrogen) atoms. The number of aromatic nitrogens is 2. The predicted molar refractivity (Wildman–Crippen MR) is 74.1 cm³/mol. The number of ether oxygens (including phenoxy) is 1. The lowest BCUT2D eigenvalue weighted by Gasteiger charge is -2.13. The van der Waals surface area contributed by atoms with E-state index in [1.807, 2.05) is 25.1 Å². The van der Waals surface area contributed by atoms with Gasteiger partial charge in [0.05, 0.1) is 7.11 Å². The summed E-state index contributed by atoms with van der Waals surface area (Å²) in [6.45, 7) is 2.00. The van der Waals surface area contributed by atoms with Crippen LogP contribution in [0, 0.1) is 0 Å². The van der Waals surface area contributed by atoms with Gasteiger partial charge in [-0.3, -0.25) is 0 Å². The van der Waals surface area contributed by atoms with Gasteiger partial charge in [-0.05, 0) is 24.6 Å². The van der Waals surface area contributed by atoms with Crippen LogP contribution in [0.3, 0.4) is 0 Å². The molecule has 0 aliphatic heterocycles. The van der Waals surface area contributed by atoms with Gasteiger partial charge in [-0.15, -0.1) is 10.2 Å². The van der Waals surface area contributed by atoms with Crippen molar-refractivity contribution in [1.82, 2.24) is 10.2 Å². The van der Waals surface area contributed by atoms with E-state index in [0.29, 0.717) is 18.1 Å². The summed E-state index contributed by atoms with van der Waals surface area (Å²) in [4.78, 5) is 0. The zero-order valence-electron chi connectivity index (χ0n) is 11.6. The Labute approximate surface area is 117 Å². The highest BCUT2D eigenvalue weighted by Crippen LogP contribution is 2.25. The van der Waals surface area contributed by atoms with Crippen LogP contribution in [0.1, 0.15) is 31.8 Å². The maximum Gasteiger partial charge on any atom is 0.248 e. The summed E-state index contributed by atoms with van der Waals surface area (Å²) in [5.41, 5.74) is 6.59. The molecule has 1 unspecified atom stereocenters. The third-order valence-corrected chi connectivity index (χ3v) is 3.04. The quantitative estimate of drug-likeness (QED) is 0.837. The highest BCUT2D eigenvalue weighted by molar-refractivity contribution is 5.55. The summed E-state index contributed by atoms with van der Waals surface area (Å²) >= 11 is 0. The SMILES string of the molecule is CCCC(N)[C@H](O)c1nnc(-c2cccc(OC)c2)o1. The van der Waals surface area contributed by atoms with E-state index in [1.165, 1.54) is 0 Å². The van der Waals surface area contributed by atoms with Crippen molar-refractivity contribution in [3.8, 4) is 17.2 Å². The third kappa shape index (κ3) is 3.15. The van der Waals surface area contributed by atoms with E-state index in [-0.39, 0.29) is 5.89 Å². The standard InChI is InChI=1S/C14H19N3O3/c1-3-5-11(15)12(18)14-17-16-13(20-14)9-6-4-7-10(8-9)19-2/h4,6-8,11-12,18H,3,5,15H2,1-2H3/t11?,12-/m0/s1. The first-order valence-corrected chi connectivity index (χ1v) is 6.57. The number of nitrogens with two attached hydrogens (primary N) is 1. The Morgan fingerprint density at radius 1 is 1.40 bits per heavy atom. The molecule has 108 valence electrons. The van der Waals surface area contributed by atoms with Crippen LogP contribution in [0.25, 0.3) is 11.5 Å². The molecule has 1 heterocycles. The number of hydrogen-bond donors (Lipinski definition) is 2. The average molecular weight is 277 g/mol. The molecule has 6 heteroatoms. The van der Waals surface area contributed by atoms with E-state index in [4.69, 9.17) is 14.9 Å². The molecule has 2 rings (SSSR count). The fraction of sp³-hybridized carbons (Fsp3) is 0.429. The predicted octanol–water partition coefficient (Wildman–Crippen LogP) is 1.91. The van der Waals surface area contributed by atoms with E-state index in [2.05, 4.69) is 10.2 Å². The molecular weight excluding hydrogens is 258 g/mol. The molecule has 0 bridgehead atoms. The summed E-state index contributed by atoms with van der Waals surface area (Å²) in [5.74, 6) is 1.18. The molecule has 2 atom stereocenters. The van der Waals surface area contributed by atoms with E-state index in [9.17, 15) is 5.11 Å². The smallest absolute Gasteiger partial charge is 0.248 e. The van der Waals surface area contributed by atoms with Crippen LogP contribution >= 0.6 is 0 Å². The molecule has 0 spiro atoms. The van der Waals surface area contributed by atoms with Crippen molar-refractivity contribution in [1.29, 1.82) is 0 Å². The number of nitrogens with zero attached hydrogens (tertiary/aromatic N) is 2.